The molecule has 0 aliphatic heterocycles. The Morgan fingerprint density at radius 1 is 1.17 bits per heavy atom. The SMILES string of the molecule is CCc1cc(OC)cc(CC)c1NC(=O)c1c(Cl)c(CC(F)(F)F)c(C)[n+]([O-])c1C. The van der Waals surface area contributed by atoms with Crippen molar-refractivity contribution >= 4 is 23.2 Å². The van der Waals surface area contributed by atoms with E-state index in [1.165, 1.54) is 21.0 Å². The highest BCUT2D eigenvalue weighted by atomic mass is 35.5. The van der Waals surface area contributed by atoms with Crippen molar-refractivity contribution in [3.05, 3.63) is 56.0 Å². The molecule has 0 fully saturated rings. The Morgan fingerprint density at radius 2 is 1.70 bits per heavy atom. The fourth-order valence-corrected chi connectivity index (χ4v) is 3.79. The van der Waals surface area contributed by atoms with Gasteiger partial charge in [0.15, 0.2) is 5.69 Å². The maximum atomic E-state index is 13.1. The second-order valence-corrected chi connectivity index (χ2v) is 7.28. The number of rotatable bonds is 6. The van der Waals surface area contributed by atoms with Crippen LogP contribution in [0.4, 0.5) is 18.9 Å². The van der Waals surface area contributed by atoms with Gasteiger partial charge in [-0.05, 0) is 36.1 Å². The lowest BCUT2D eigenvalue weighted by atomic mass is 10.0. The molecular weight excluding hydrogens is 421 g/mol. The highest BCUT2D eigenvalue weighted by Gasteiger charge is 2.35. The third-order valence-electron chi connectivity index (χ3n) is 5.01. The molecule has 2 rings (SSSR count). The van der Waals surface area contributed by atoms with Gasteiger partial charge in [0.05, 0.1) is 18.6 Å². The average Bonchev–Trinajstić information content (AvgIpc) is 2.69. The molecule has 9 heteroatoms. The number of carbonyl (C=O) groups is 1. The van der Waals surface area contributed by atoms with Crippen LogP contribution in [0.3, 0.4) is 0 Å². The molecule has 0 aliphatic rings. The lowest BCUT2D eigenvalue weighted by molar-refractivity contribution is -0.619. The Labute approximate surface area is 178 Å². The van der Waals surface area contributed by atoms with Crippen LogP contribution in [-0.2, 0) is 19.3 Å². The first-order valence-corrected chi connectivity index (χ1v) is 9.81. The zero-order chi connectivity index (χ0) is 22.8. The predicted octanol–water partition coefficient (Wildman–Crippen LogP) is 5.08. The van der Waals surface area contributed by atoms with Gasteiger partial charge in [-0.3, -0.25) is 4.79 Å². The summed E-state index contributed by atoms with van der Waals surface area (Å²) in [7, 11) is 1.54. The Hall–Kier alpha value is -2.48. The highest BCUT2D eigenvalue weighted by molar-refractivity contribution is 6.35. The van der Waals surface area contributed by atoms with Crippen LogP contribution in [0.2, 0.25) is 5.02 Å². The number of ether oxygens (including phenoxy) is 1. The number of methoxy groups -OCH3 is 1. The summed E-state index contributed by atoms with van der Waals surface area (Å²) in [6.07, 6.45) is -4.81. The molecular formula is C21H24ClF3N2O3. The van der Waals surface area contributed by atoms with E-state index in [2.05, 4.69) is 5.32 Å². The molecule has 0 bridgehead atoms. The minimum atomic E-state index is -4.58. The van der Waals surface area contributed by atoms with Crippen LogP contribution in [-0.4, -0.2) is 19.2 Å². The molecule has 1 amide bonds. The number of aromatic nitrogens is 1. The highest BCUT2D eigenvalue weighted by Crippen LogP contribution is 2.33. The Balaban J connectivity index is 2.60. The number of hydrogen-bond donors (Lipinski definition) is 1. The molecule has 1 aromatic heterocycles. The van der Waals surface area contributed by atoms with Gasteiger partial charge in [-0.15, -0.1) is 0 Å². The number of pyridine rings is 1. The summed E-state index contributed by atoms with van der Waals surface area (Å²) >= 11 is 6.22. The van der Waals surface area contributed by atoms with E-state index in [9.17, 15) is 23.2 Å². The van der Waals surface area contributed by atoms with Crippen LogP contribution in [0.15, 0.2) is 12.1 Å². The van der Waals surface area contributed by atoms with Gasteiger partial charge in [0.25, 0.3) is 5.91 Å². The summed E-state index contributed by atoms with van der Waals surface area (Å²) in [6.45, 7) is 6.41. The Morgan fingerprint density at radius 3 is 2.13 bits per heavy atom. The van der Waals surface area contributed by atoms with Crippen molar-refractivity contribution in [2.45, 2.75) is 53.1 Å². The summed E-state index contributed by atoms with van der Waals surface area (Å²) in [5.41, 5.74) is 1.21. The van der Waals surface area contributed by atoms with E-state index in [0.717, 1.165) is 11.1 Å². The van der Waals surface area contributed by atoms with Crippen molar-refractivity contribution in [2.75, 3.05) is 12.4 Å². The second kappa shape index (κ2) is 9.12. The number of halogens is 4. The summed E-state index contributed by atoms with van der Waals surface area (Å²) in [5.74, 6) is -0.101. The smallest absolute Gasteiger partial charge is 0.393 e. The molecule has 0 atom stereocenters. The molecule has 0 aliphatic carbocycles. The van der Waals surface area contributed by atoms with Crippen molar-refractivity contribution in [3.8, 4) is 5.75 Å². The molecule has 0 spiro atoms. The number of nitrogens with one attached hydrogen (secondary N) is 1. The van der Waals surface area contributed by atoms with E-state index >= 15 is 0 Å². The molecule has 1 N–H and O–H groups in total. The molecule has 30 heavy (non-hydrogen) atoms. The van der Waals surface area contributed by atoms with Gasteiger partial charge in [0.2, 0.25) is 5.69 Å². The topological polar surface area (TPSA) is 65.3 Å². The molecule has 1 heterocycles. The van der Waals surface area contributed by atoms with Crippen LogP contribution >= 0.6 is 11.6 Å². The van der Waals surface area contributed by atoms with Crippen LogP contribution < -0.4 is 14.8 Å². The fraction of sp³-hybridized carbons (Fsp3) is 0.429. The minimum Gasteiger partial charge on any atom is -0.618 e. The number of hydrogen-bond acceptors (Lipinski definition) is 3. The van der Waals surface area contributed by atoms with Crippen molar-refractivity contribution in [2.24, 2.45) is 0 Å². The quantitative estimate of drug-likeness (QED) is 0.499. The molecule has 1 aromatic carbocycles. The van der Waals surface area contributed by atoms with Gasteiger partial charge >= 0.3 is 6.18 Å². The minimum absolute atomic E-state index is 0.0643. The lowest BCUT2D eigenvalue weighted by Gasteiger charge is -2.19. The van der Waals surface area contributed by atoms with Gasteiger partial charge < -0.3 is 15.3 Å². The number of aryl methyl sites for hydroxylation is 2. The molecule has 0 saturated carbocycles. The first kappa shape index (κ1) is 23.8. The summed E-state index contributed by atoms with van der Waals surface area (Å²) in [4.78, 5) is 13.1. The maximum Gasteiger partial charge on any atom is 0.393 e. The molecule has 5 nitrogen and oxygen atoms in total. The van der Waals surface area contributed by atoms with Crippen molar-refractivity contribution in [3.63, 3.8) is 0 Å². The summed E-state index contributed by atoms with van der Waals surface area (Å²) in [5, 5.41) is 14.8. The summed E-state index contributed by atoms with van der Waals surface area (Å²) < 4.78 is 44.6. The molecule has 164 valence electrons. The van der Waals surface area contributed by atoms with Crippen molar-refractivity contribution in [1.29, 1.82) is 0 Å². The van der Waals surface area contributed by atoms with E-state index < -0.39 is 24.1 Å². The van der Waals surface area contributed by atoms with Crippen molar-refractivity contribution in [1.82, 2.24) is 0 Å². The van der Waals surface area contributed by atoms with E-state index in [-0.39, 0.29) is 22.0 Å². The van der Waals surface area contributed by atoms with E-state index in [4.69, 9.17) is 16.3 Å². The molecule has 0 radical (unpaired) electrons. The number of anilines is 1. The van der Waals surface area contributed by atoms with Gasteiger partial charge in [-0.1, -0.05) is 25.4 Å². The molecule has 0 saturated heterocycles. The van der Waals surface area contributed by atoms with E-state index in [0.29, 0.717) is 29.0 Å². The number of carbonyl (C=O) groups excluding carboxylic acids is 1. The maximum absolute atomic E-state index is 13.1. The third-order valence-corrected chi connectivity index (χ3v) is 5.42. The average molecular weight is 445 g/mol. The largest absolute Gasteiger partial charge is 0.618 e. The summed E-state index contributed by atoms with van der Waals surface area (Å²) in [6, 6.07) is 3.56. The second-order valence-electron chi connectivity index (χ2n) is 6.91. The first-order valence-electron chi connectivity index (χ1n) is 9.44. The van der Waals surface area contributed by atoms with Gasteiger partial charge in [-0.25, -0.2) is 0 Å². The standard InChI is InChI=1S/C21H24ClF3N2O3/c1-6-13-8-15(30-5)9-14(7-2)19(13)26-20(28)17-12(4)27(29)11(3)16(18(17)22)10-21(23,24)25/h8-9H,6-7,10H2,1-5H3,(H,26,28). The Bertz CT molecular complexity index is 950. The monoisotopic (exact) mass is 444 g/mol. The predicted molar refractivity (Wildman–Crippen MR) is 109 cm³/mol. The Kier molecular flexibility index (Phi) is 7.23. The van der Waals surface area contributed by atoms with Crippen LogP contribution in [0.25, 0.3) is 0 Å². The first-order chi connectivity index (χ1) is 13.9. The van der Waals surface area contributed by atoms with Gasteiger partial charge in [0.1, 0.15) is 11.3 Å². The van der Waals surface area contributed by atoms with Crippen molar-refractivity contribution < 1.29 is 27.4 Å². The molecule has 2 aromatic rings. The van der Waals surface area contributed by atoms with Gasteiger partial charge in [0, 0.05) is 25.1 Å². The van der Waals surface area contributed by atoms with Crippen LogP contribution in [0.1, 0.15) is 52.3 Å². The van der Waals surface area contributed by atoms with E-state index in [1.54, 1.807) is 12.1 Å². The lowest BCUT2D eigenvalue weighted by Crippen LogP contribution is -2.39. The number of alkyl halides is 3. The molecule has 0 unspecified atom stereocenters. The number of amides is 1. The van der Waals surface area contributed by atoms with Crippen LogP contribution in [0, 0.1) is 19.1 Å². The third kappa shape index (κ3) is 4.80. The van der Waals surface area contributed by atoms with Crippen LogP contribution in [0.5, 0.6) is 5.75 Å². The van der Waals surface area contributed by atoms with E-state index in [1.807, 2.05) is 13.8 Å². The zero-order valence-corrected chi connectivity index (χ0v) is 18.2. The fourth-order valence-electron chi connectivity index (χ4n) is 3.36. The normalized spacial score (nSPS) is 11.5. The number of benzene rings is 1. The number of nitrogens with zero attached hydrogens (tertiary/aromatic N) is 1. The van der Waals surface area contributed by atoms with Gasteiger partial charge in [-0.2, -0.15) is 17.9 Å². The zero-order valence-electron chi connectivity index (χ0n) is 17.5.